The van der Waals surface area contributed by atoms with E-state index < -0.39 is 17.7 Å². The fourth-order valence-electron chi connectivity index (χ4n) is 4.29. The Morgan fingerprint density at radius 1 is 1.12 bits per heavy atom. The van der Waals surface area contributed by atoms with Crippen LogP contribution < -0.4 is 4.90 Å². The first-order valence-electron chi connectivity index (χ1n) is 10.9. The van der Waals surface area contributed by atoms with Crippen LogP contribution in [0, 0.1) is 11.8 Å². The molecule has 1 aliphatic carbocycles. The molecule has 0 spiro atoms. The molecule has 2 unspecified atom stereocenters. The Morgan fingerprint density at radius 2 is 1.84 bits per heavy atom. The number of nitrogens with zero attached hydrogens (tertiary/aromatic N) is 1. The molecule has 0 radical (unpaired) electrons. The van der Waals surface area contributed by atoms with Crippen molar-refractivity contribution in [3.05, 3.63) is 40.8 Å². The Balaban J connectivity index is 2.02. The van der Waals surface area contributed by atoms with Crippen LogP contribution in [-0.2, 0) is 11.0 Å². The minimum Gasteiger partial charge on any atom is -0.477 e. The summed E-state index contributed by atoms with van der Waals surface area (Å²) < 4.78 is 39.5. The number of amides is 1. The molecule has 0 bridgehead atoms. The fraction of sp³-hybridized carbons (Fsp3) is 0.500. The number of carboxylic acids is 1. The second kappa shape index (κ2) is 9.65. The molecule has 1 aromatic carbocycles. The third-order valence-corrected chi connectivity index (χ3v) is 7.16. The molecule has 32 heavy (non-hydrogen) atoms. The number of aromatic carboxylic acids is 1. The van der Waals surface area contributed by atoms with E-state index in [4.69, 9.17) is 0 Å². The fourth-order valence-corrected chi connectivity index (χ4v) is 5.27. The van der Waals surface area contributed by atoms with E-state index in [2.05, 4.69) is 6.92 Å². The largest absolute Gasteiger partial charge is 0.477 e. The van der Waals surface area contributed by atoms with Crippen molar-refractivity contribution in [1.29, 1.82) is 0 Å². The highest BCUT2D eigenvalue weighted by Crippen LogP contribution is 2.41. The molecule has 0 saturated heterocycles. The van der Waals surface area contributed by atoms with E-state index in [0.29, 0.717) is 10.8 Å². The van der Waals surface area contributed by atoms with Crippen molar-refractivity contribution in [2.45, 2.75) is 65.1 Å². The average Bonchev–Trinajstić information content (AvgIpc) is 3.03. The lowest BCUT2D eigenvalue weighted by Crippen LogP contribution is -2.41. The SMILES string of the molecule is CC1CCCC(C(=O)N(c2cc(-c3cccc(C(F)(F)F)c3)sc2C(=O)O)C(C)C)CC1. The number of carbonyl (C=O) groups is 2. The molecule has 0 aliphatic heterocycles. The van der Waals surface area contributed by atoms with E-state index in [1.165, 1.54) is 17.0 Å². The molecule has 174 valence electrons. The van der Waals surface area contributed by atoms with Crippen molar-refractivity contribution >= 4 is 28.9 Å². The zero-order valence-electron chi connectivity index (χ0n) is 18.4. The first-order chi connectivity index (χ1) is 15.0. The molecule has 1 N–H and O–H groups in total. The summed E-state index contributed by atoms with van der Waals surface area (Å²) in [5, 5.41) is 9.80. The van der Waals surface area contributed by atoms with Crippen LogP contribution >= 0.6 is 11.3 Å². The lowest BCUT2D eigenvalue weighted by molar-refractivity contribution is -0.137. The van der Waals surface area contributed by atoms with Gasteiger partial charge in [0.15, 0.2) is 0 Å². The Morgan fingerprint density at radius 3 is 2.47 bits per heavy atom. The van der Waals surface area contributed by atoms with Crippen molar-refractivity contribution in [3.63, 3.8) is 0 Å². The van der Waals surface area contributed by atoms with Gasteiger partial charge in [-0.2, -0.15) is 13.2 Å². The molecular weight excluding hydrogens is 439 g/mol. The van der Waals surface area contributed by atoms with Crippen molar-refractivity contribution in [2.24, 2.45) is 11.8 Å². The third kappa shape index (κ3) is 5.34. The zero-order chi connectivity index (χ0) is 23.6. The van der Waals surface area contributed by atoms with E-state index in [1.807, 2.05) is 13.8 Å². The smallest absolute Gasteiger partial charge is 0.416 e. The van der Waals surface area contributed by atoms with Gasteiger partial charge in [-0.25, -0.2) is 4.79 Å². The van der Waals surface area contributed by atoms with Gasteiger partial charge in [-0.05, 0) is 62.8 Å². The number of anilines is 1. The Kier molecular flexibility index (Phi) is 7.32. The molecular formula is C24H28F3NO3S. The molecule has 1 aromatic heterocycles. The van der Waals surface area contributed by atoms with Gasteiger partial charge in [0.25, 0.3) is 0 Å². The van der Waals surface area contributed by atoms with Crippen LogP contribution in [0.5, 0.6) is 0 Å². The monoisotopic (exact) mass is 467 g/mol. The molecule has 3 rings (SSSR count). The molecule has 2 atom stereocenters. The second-order valence-electron chi connectivity index (χ2n) is 8.82. The van der Waals surface area contributed by atoms with Crippen molar-refractivity contribution < 1.29 is 27.9 Å². The highest BCUT2D eigenvalue weighted by atomic mass is 32.1. The van der Waals surface area contributed by atoms with Gasteiger partial charge in [0.1, 0.15) is 4.88 Å². The maximum atomic E-state index is 13.5. The number of halogens is 3. The maximum absolute atomic E-state index is 13.5. The lowest BCUT2D eigenvalue weighted by Gasteiger charge is -2.30. The normalized spacial score (nSPS) is 19.6. The molecule has 1 saturated carbocycles. The summed E-state index contributed by atoms with van der Waals surface area (Å²) in [5.74, 6) is -0.925. The molecule has 1 aliphatic rings. The van der Waals surface area contributed by atoms with Gasteiger partial charge in [-0.15, -0.1) is 11.3 Å². The van der Waals surface area contributed by atoms with Gasteiger partial charge in [-0.1, -0.05) is 31.9 Å². The molecule has 4 nitrogen and oxygen atoms in total. The van der Waals surface area contributed by atoms with E-state index in [-0.39, 0.29) is 34.0 Å². The molecule has 1 heterocycles. The van der Waals surface area contributed by atoms with Crippen LogP contribution in [0.25, 0.3) is 10.4 Å². The number of carbonyl (C=O) groups excluding carboxylic acids is 1. The summed E-state index contributed by atoms with van der Waals surface area (Å²) in [4.78, 5) is 27.4. The predicted molar refractivity (Wildman–Crippen MR) is 120 cm³/mol. The molecule has 2 aromatic rings. The average molecular weight is 468 g/mol. The molecule has 1 fully saturated rings. The van der Waals surface area contributed by atoms with E-state index in [0.717, 1.165) is 55.6 Å². The molecule has 1 amide bonds. The second-order valence-corrected chi connectivity index (χ2v) is 9.87. The lowest BCUT2D eigenvalue weighted by atomic mass is 9.96. The summed E-state index contributed by atoms with van der Waals surface area (Å²) in [6.07, 6.45) is 0.00358. The van der Waals surface area contributed by atoms with Crippen molar-refractivity contribution in [1.82, 2.24) is 0 Å². The third-order valence-electron chi connectivity index (χ3n) is 6.00. The van der Waals surface area contributed by atoms with Crippen molar-refractivity contribution in [2.75, 3.05) is 4.90 Å². The number of hydrogen-bond donors (Lipinski definition) is 1. The number of benzene rings is 1. The van der Waals surface area contributed by atoms with Crippen LogP contribution in [0.15, 0.2) is 30.3 Å². The minimum absolute atomic E-state index is 0.0403. The van der Waals surface area contributed by atoms with E-state index in [9.17, 15) is 27.9 Å². The Hall–Kier alpha value is -2.35. The first-order valence-corrected chi connectivity index (χ1v) is 11.7. The first kappa shape index (κ1) is 24.3. The number of thiophene rings is 1. The van der Waals surface area contributed by atoms with E-state index >= 15 is 0 Å². The predicted octanol–water partition coefficient (Wildman–Crippen LogP) is 7.09. The van der Waals surface area contributed by atoms with Crippen LogP contribution in [-0.4, -0.2) is 23.0 Å². The molecule has 8 heteroatoms. The van der Waals surface area contributed by atoms with Gasteiger partial charge in [0.2, 0.25) is 5.91 Å². The van der Waals surface area contributed by atoms with E-state index in [1.54, 1.807) is 6.07 Å². The summed E-state index contributed by atoms with van der Waals surface area (Å²) in [6, 6.07) is 6.06. The summed E-state index contributed by atoms with van der Waals surface area (Å²) in [7, 11) is 0. The van der Waals surface area contributed by atoms with Gasteiger partial charge in [0.05, 0.1) is 11.3 Å². The van der Waals surface area contributed by atoms with Crippen LogP contribution in [0.1, 0.15) is 68.1 Å². The number of carboxylic acid groups (broad SMARTS) is 1. The highest BCUT2D eigenvalue weighted by Gasteiger charge is 2.34. The number of alkyl halides is 3. The van der Waals surface area contributed by atoms with Crippen LogP contribution in [0.3, 0.4) is 0 Å². The topological polar surface area (TPSA) is 57.6 Å². The van der Waals surface area contributed by atoms with Gasteiger partial charge >= 0.3 is 12.1 Å². The summed E-state index contributed by atoms with van der Waals surface area (Å²) >= 11 is 0.894. The minimum atomic E-state index is -4.50. The standard InChI is InChI=1S/C24H28F3NO3S/c1-14(2)28(22(29)16-7-4-6-15(3)10-11-16)19-13-20(32-21(19)23(30)31)17-8-5-9-18(12-17)24(25,26)27/h5,8-9,12-16H,4,6-7,10-11H2,1-3H3,(H,30,31). The number of hydrogen-bond acceptors (Lipinski definition) is 3. The van der Waals surface area contributed by atoms with Crippen LogP contribution in [0.2, 0.25) is 0 Å². The van der Waals surface area contributed by atoms with Gasteiger partial charge < -0.3 is 10.0 Å². The van der Waals surface area contributed by atoms with Gasteiger partial charge in [0, 0.05) is 16.8 Å². The van der Waals surface area contributed by atoms with Crippen molar-refractivity contribution in [3.8, 4) is 10.4 Å². The highest BCUT2D eigenvalue weighted by molar-refractivity contribution is 7.18. The Labute approximate surface area is 190 Å². The Bertz CT molecular complexity index is 983. The number of rotatable bonds is 5. The summed E-state index contributed by atoms with van der Waals surface area (Å²) in [5.41, 5.74) is -0.267. The maximum Gasteiger partial charge on any atom is 0.416 e. The van der Waals surface area contributed by atoms with Gasteiger partial charge in [-0.3, -0.25) is 4.79 Å². The zero-order valence-corrected chi connectivity index (χ0v) is 19.2. The summed E-state index contributed by atoms with van der Waals surface area (Å²) in [6.45, 7) is 5.82. The quantitative estimate of drug-likeness (QED) is 0.478. The van der Waals surface area contributed by atoms with Crippen LogP contribution in [0.4, 0.5) is 18.9 Å².